The molecule has 0 amide bonds. The normalized spacial score (nSPS) is 10.9. The first kappa shape index (κ1) is 14.8. The zero-order chi connectivity index (χ0) is 12.7. The summed E-state index contributed by atoms with van der Waals surface area (Å²) in [6, 6.07) is 5.68. The Morgan fingerprint density at radius 3 is 2.47 bits per heavy atom. The number of hydrogen-bond donors (Lipinski definition) is 1. The molecule has 0 radical (unpaired) electrons. The fourth-order valence-electron chi connectivity index (χ4n) is 1.35. The molecule has 0 aliphatic rings. The van der Waals surface area contributed by atoms with Crippen LogP contribution in [0.3, 0.4) is 0 Å². The quantitative estimate of drug-likeness (QED) is 0.772. The van der Waals surface area contributed by atoms with E-state index in [4.69, 9.17) is 21.1 Å². The third-order valence-corrected chi connectivity index (χ3v) is 3.31. The highest BCUT2D eigenvalue weighted by Crippen LogP contribution is 2.25. The van der Waals surface area contributed by atoms with Crippen molar-refractivity contribution in [2.45, 2.75) is 20.1 Å². The molecule has 0 saturated carbocycles. The molecule has 96 valence electrons. The third kappa shape index (κ3) is 5.25. The number of halogens is 2. The average molecular weight is 323 g/mol. The molecule has 0 aromatic heterocycles. The van der Waals surface area contributed by atoms with Gasteiger partial charge in [0, 0.05) is 23.4 Å². The molecule has 1 aromatic rings. The van der Waals surface area contributed by atoms with Gasteiger partial charge in [-0.15, -0.1) is 0 Å². The summed E-state index contributed by atoms with van der Waals surface area (Å²) in [5.74, 6) is 0. The molecule has 0 unspecified atom stereocenters. The van der Waals surface area contributed by atoms with Gasteiger partial charge in [0.1, 0.15) is 0 Å². The Bertz CT molecular complexity index is 343. The summed E-state index contributed by atoms with van der Waals surface area (Å²) in [4.78, 5) is 0. The largest absolute Gasteiger partial charge is 0.380 e. The van der Waals surface area contributed by atoms with Crippen LogP contribution < -0.4 is 5.32 Å². The maximum Gasteiger partial charge on any atom is 0.174 e. The molecule has 0 spiro atoms. The molecule has 0 heterocycles. The molecule has 1 rings (SSSR count). The van der Waals surface area contributed by atoms with Gasteiger partial charge in [-0.25, -0.2) is 0 Å². The number of ether oxygens (including phenoxy) is 2. The third-order valence-electron chi connectivity index (χ3n) is 2.10. The standard InChI is InChI=1S/C12H17BrClNO2/c1-3-16-12(17-4-2)8-15-9-5-6-11(14)10(13)7-9/h5-7,12,15H,3-4,8H2,1-2H3. The molecule has 0 aliphatic carbocycles. The molecule has 17 heavy (non-hydrogen) atoms. The summed E-state index contributed by atoms with van der Waals surface area (Å²) in [6.07, 6.45) is -0.223. The van der Waals surface area contributed by atoms with Crippen molar-refractivity contribution in [2.75, 3.05) is 25.1 Å². The predicted molar refractivity (Wildman–Crippen MR) is 74.7 cm³/mol. The van der Waals surface area contributed by atoms with Crippen LogP contribution >= 0.6 is 27.5 Å². The van der Waals surface area contributed by atoms with Crippen LogP contribution in [0.1, 0.15) is 13.8 Å². The van der Waals surface area contributed by atoms with Crippen molar-refractivity contribution in [3.05, 3.63) is 27.7 Å². The number of nitrogens with one attached hydrogen (secondary N) is 1. The summed E-state index contributed by atoms with van der Waals surface area (Å²) in [6.45, 7) is 5.78. The number of hydrogen-bond acceptors (Lipinski definition) is 3. The minimum atomic E-state index is -0.223. The van der Waals surface area contributed by atoms with Crippen LogP contribution in [0.2, 0.25) is 5.02 Å². The van der Waals surface area contributed by atoms with Gasteiger partial charge in [-0.1, -0.05) is 11.6 Å². The molecule has 0 bridgehead atoms. The van der Waals surface area contributed by atoms with Crippen molar-refractivity contribution in [1.29, 1.82) is 0 Å². The number of rotatable bonds is 7. The van der Waals surface area contributed by atoms with E-state index in [1.165, 1.54) is 0 Å². The van der Waals surface area contributed by atoms with Crippen molar-refractivity contribution < 1.29 is 9.47 Å². The molecule has 1 aromatic carbocycles. The predicted octanol–water partition coefficient (Wildman–Crippen LogP) is 3.91. The lowest BCUT2D eigenvalue weighted by molar-refractivity contribution is -0.126. The highest BCUT2D eigenvalue weighted by atomic mass is 79.9. The SMILES string of the molecule is CCOC(CNc1ccc(Cl)c(Br)c1)OCC. The smallest absolute Gasteiger partial charge is 0.174 e. The van der Waals surface area contributed by atoms with Gasteiger partial charge < -0.3 is 14.8 Å². The number of benzene rings is 1. The first-order chi connectivity index (χ1) is 8.17. The zero-order valence-corrected chi connectivity index (χ0v) is 12.3. The van der Waals surface area contributed by atoms with Gasteiger partial charge in [0.05, 0.1) is 11.6 Å². The van der Waals surface area contributed by atoms with Crippen LogP contribution in [0.5, 0.6) is 0 Å². The van der Waals surface area contributed by atoms with Crippen LogP contribution in [0.25, 0.3) is 0 Å². The molecular weight excluding hydrogens is 305 g/mol. The molecule has 3 nitrogen and oxygen atoms in total. The Morgan fingerprint density at radius 2 is 1.94 bits per heavy atom. The zero-order valence-electron chi connectivity index (χ0n) is 10.0. The van der Waals surface area contributed by atoms with Gasteiger partial charge in [0.2, 0.25) is 0 Å². The second-order valence-electron chi connectivity index (χ2n) is 3.35. The van der Waals surface area contributed by atoms with Gasteiger partial charge in [-0.05, 0) is 48.0 Å². The first-order valence-electron chi connectivity index (χ1n) is 5.59. The van der Waals surface area contributed by atoms with Gasteiger partial charge in [0.15, 0.2) is 6.29 Å². The minimum Gasteiger partial charge on any atom is -0.380 e. The maximum absolute atomic E-state index is 5.92. The van der Waals surface area contributed by atoms with Crippen molar-refractivity contribution in [1.82, 2.24) is 0 Å². The average Bonchev–Trinajstić information content (AvgIpc) is 2.31. The van der Waals surface area contributed by atoms with E-state index in [1.807, 2.05) is 32.0 Å². The van der Waals surface area contributed by atoms with Crippen LogP contribution in [-0.4, -0.2) is 26.0 Å². The van der Waals surface area contributed by atoms with Crippen LogP contribution in [0, 0.1) is 0 Å². The second-order valence-corrected chi connectivity index (χ2v) is 4.61. The van der Waals surface area contributed by atoms with E-state index in [-0.39, 0.29) is 6.29 Å². The van der Waals surface area contributed by atoms with Gasteiger partial charge in [0.25, 0.3) is 0 Å². The molecule has 5 heteroatoms. The van der Waals surface area contributed by atoms with Gasteiger partial charge in [-0.3, -0.25) is 0 Å². The topological polar surface area (TPSA) is 30.5 Å². The minimum absolute atomic E-state index is 0.223. The Kier molecular flexibility index (Phi) is 6.89. The lowest BCUT2D eigenvalue weighted by atomic mass is 10.3. The molecule has 0 saturated heterocycles. The summed E-state index contributed by atoms with van der Waals surface area (Å²) in [5.41, 5.74) is 0.977. The van der Waals surface area contributed by atoms with Gasteiger partial charge >= 0.3 is 0 Å². The summed E-state index contributed by atoms with van der Waals surface area (Å²) >= 11 is 9.30. The van der Waals surface area contributed by atoms with Crippen LogP contribution in [-0.2, 0) is 9.47 Å². The fourth-order valence-corrected chi connectivity index (χ4v) is 1.84. The Hall–Kier alpha value is -0.290. The maximum atomic E-state index is 5.92. The summed E-state index contributed by atoms with van der Waals surface area (Å²) < 4.78 is 11.7. The van der Waals surface area contributed by atoms with E-state index < -0.39 is 0 Å². The summed E-state index contributed by atoms with van der Waals surface area (Å²) in [7, 11) is 0. The second kappa shape index (κ2) is 7.93. The van der Waals surface area contributed by atoms with Crippen molar-refractivity contribution in [3.63, 3.8) is 0 Å². The van der Waals surface area contributed by atoms with Crippen molar-refractivity contribution in [2.24, 2.45) is 0 Å². The highest BCUT2D eigenvalue weighted by molar-refractivity contribution is 9.10. The summed E-state index contributed by atoms with van der Waals surface area (Å²) in [5, 5.41) is 3.94. The van der Waals surface area contributed by atoms with E-state index in [1.54, 1.807) is 0 Å². The lowest BCUT2D eigenvalue weighted by Gasteiger charge is -2.18. The van der Waals surface area contributed by atoms with E-state index >= 15 is 0 Å². The van der Waals surface area contributed by atoms with Crippen LogP contribution in [0.4, 0.5) is 5.69 Å². The Morgan fingerprint density at radius 1 is 1.29 bits per heavy atom. The van der Waals surface area contributed by atoms with Gasteiger partial charge in [-0.2, -0.15) is 0 Å². The molecular formula is C12H17BrClNO2. The van der Waals surface area contributed by atoms with Crippen molar-refractivity contribution >= 4 is 33.2 Å². The van der Waals surface area contributed by atoms with E-state index in [0.29, 0.717) is 24.8 Å². The Labute approximate surface area is 116 Å². The Balaban J connectivity index is 2.49. The van der Waals surface area contributed by atoms with Crippen molar-refractivity contribution in [3.8, 4) is 0 Å². The molecule has 0 fully saturated rings. The molecule has 0 aliphatic heterocycles. The molecule has 0 atom stereocenters. The lowest BCUT2D eigenvalue weighted by Crippen LogP contribution is -2.26. The fraction of sp³-hybridized carbons (Fsp3) is 0.500. The monoisotopic (exact) mass is 321 g/mol. The van der Waals surface area contributed by atoms with E-state index in [0.717, 1.165) is 10.2 Å². The van der Waals surface area contributed by atoms with E-state index in [9.17, 15) is 0 Å². The molecule has 1 N–H and O–H groups in total. The first-order valence-corrected chi connectivity index (χ1v) is 6.76. The van der Waals surface area contributed by atoms with Crippen LogP contribution in [0.15, 0.2) is 22.7 Å². The number of anilines is 1. The van der Waals surface area contributed by atoms with E-state index in [2.05, 4.69) is 21.2 Å². The highest BCUT2D eigenvalue weighted by Gasteiger charge is 2.07.